The molecule has 0 bridgehead atoms. The van der Waals surface area contributed by atoms with Crippen molar-refractivity contribution in [3.8, 4) is 11.3 Å². The molecule has 23 heavy (non-hydrogen) atoms. The van der Waals surface area contributed by atoms with Gasteiger partial charge in [0.1, 0.15) is 10.8 Å². The van der Waals surface area contributed by atoms with E-state index in [-0.39, 0.29) is 18.1 Å². The van der Waals surface area contributed by atoms with E-state index in [4.69, 9.17) is 0 Å². The summed E-state index contributed by atoms with van der Waals surface area (Å²) in [5.41, 5.74) is 1.91. The first kappa shape index (κ1) is 15.4. The quantitative estimate of drug-likeness (QED) is 0.782. The maximum atomic E-state index is 13.7. The number of hydrogen-bond acceptors (Lipinski definition) is 4. The molecule has 0 aliphatic carbocycles. The first-order valence-electron chi connectivity index (χ1n) is 7.05. The first-order chi connectivity index (χ1) is 11.1. The van der Waals surface area contributed by atoms with Crippen molar-refractivity contribution in [2.75, 3.05) is 0 Å². The van der Waals surface area contributed by atoms with Crippen LogP contribution in [0.1, 0.15) is 10.6 Å². The number of carbonyl (C=O) groups excluding carboxylic acids is 1. The average molecular weight is 330 g/mol. The number of halogens is 1. The van der Waals surface area contributed by atoms with Gasteiger partial charge in [0.25, 0.3) is 0 Å². The molecule has 0 atom stereocenters. The highest BCUT2D eigenvalue weighted by molar-refractivity contribution is 7.09. The number of hydrogen-bond donors (Lipinski definition) is 1. The van der Waals surface area contributed by atoms with E-state index in [9.17, 15) is 9.18 Å². The third-order valence-corrected chi connectivity index (χ3v) is 4.11. The van der Waals surface area contributed by atoms with Gasteiger partial charge in [0.05, 0.1) is 24.9 Å². The SMILES string of the molecule is Cn1cc(CC(=O)NCc2nc(-c3ccccc3F)cs2)cn1. The Morgan fingerprint density at radius 2 is 2.22 bits per heavy atom. The number of nitrogens with zero attached hydrogens (tertiary/aromatic N) is 3. The van der Waals surface area contributed by atoms with Crippen LogP contribution >= 0.6 is 11.3 Å². The predicted molar refractivity (Wildman–Crippen MR) is 86.3 cm³/mol. The average Bonchev–Trinajstić information content (AvgIpc) is 3.15. The van der Waals surface area contributed by atoms with Crippen molar-refractivity contribution >= 4 is 17.2 Å². The third kappa shape index (κ3) is 3.81. The van der Waals surface area contributed by atoms with Crippen LogP contribution in [0.25, 0.3) is 11.3 Å². The molecule has 0 aliphatic heterocycles. The second-order valence-electron chi connectivity index (χ2n) is 5.08. The minimum absolute atomic E-state index is 0.0966. The molecule has 5 nitrogen and oxygen atoms in total. The van der Waals surface area contributed by atoms with Crippen molar-refractivity contribution in [2.45, 2.75) is 13.0 Å². The van der Waals surface area contributed by atoms with Crippen molar-refractivity contribution in [3.05, 3.63) is 58.4 Å². The number of aryl methyl sites for hydroxylation is 1. The van der Waals surface area contributed by atoms with Crippen LogP contribution in [-0.2, 0) is 24.8 Å². The lowest BCUT2D eigenvalue weighted by Crippen LogP contribution is -2.24. The van der Waals surface area contributed by atoms with Gasteiger partial charge < -0.3 is 5.32 Å². The molecule has 3 aromatic rings. The predicted octanol–water partition coefficient (Wildman–Crippen LogP) is 2.54. The minimum Gasteiger partial charge on any atom is -0.349 e. The number of amides is 1. The monoisotopic (exact) mass is 330 g/mol. The third-order valence-electron chi connectivity index (χ3n) is 3.26. The van der Waals surface area contributed by atoms with E-state index in [0.29, 0.717) is 17.8 Å². The van der Waals surface area contributed by atoms with E-state index < -0.39 is 0 Å². The van der Waals surface area contributed by atoms with Gasteiger partial charge in [-0.2, -0.15) is 5.10 Å². The van der Waals surface area contributed by atoms with Crippen LogP contribution in [0.3, 0.4) is 0 Å². The lowest BCUT2D eigenvalue weighted by molar-refractivity contribution is -0.120. The second-order valence-corrected chi connectivity index (χ2v) is 6.02. The topological polar surface area (TPSA) is 59.8 Å². The summed E-state index contributed by atoms with van der Waals surface area (Å²) < 4.78 is 15.4. The van der Waals surface area contributed by atoms with Crippen molar-refractivity contribution in [3.63, 3.8) is 0 Å². The van der Waals surface area contributed by atoms with Crippen molar-refractivity contribution in [1.82, 2.24) is 20.1 Å². The summed E-state index contributed by atoms with van der Waals surface area (Å²) in [4.78, 5) is 16.3. The molecule has 1 amide bonds. The molecule has 0 aliphatic rings. The Morgan fingerprint density at radius 3 is 2.96 bits per heavy atom. The molecule has 118 valence electrons. The summed E-state index contributed by atoms with van der Waals surface area (Å²) in [5.74, 6) is -0.398. The van der Waals surface area contributed by atoms with Crippen LogP contribution in [-0.4, -0.2) is 20.7 Å². The smallest absolute Gasteiger partial charge is 0.224 e. The molecule has 2 aromatic heterocycles. The molecule has 0 spiro atoms. The van der Waals surface area contributed by atoms with Gasteiger partial charge in [-0.3, -0.25) is 9.48 Å². The van der Waals surface area contributed by atoms with Crippen LogP contribution in [0.5, 0.6) is 0 Å². The van der Waals surface area contributed by atoms with E-state index in [2.05, 4.69) is 15.4 Å². The largest absolute Gasteiger partial charge is 0.349 e. The van der Waals surface area contributed by atoms with Gasteiger partial charge in [-0.05, 0) is 17.7 Å². The van der Waals surface area contributed by atoms with Gasteiger partial charge in [0.2, 0.25) is 5.91 Å². The van der Waals surface area contributed by atoms with E-state index >= 15 is 0 Å². The fourth-order valence-electron chi connectivity index (χ4n) is 2.17. The molecule has 1 aromatic carbocycles. The van der Waals surface area contributed by atoms with Gasteiger partial charge >= 0.3 is 0 Å². The van der Waals surface area contributed by atoms with E-state index in [0.717, 1.165) is 10.6 Å². The number of thiazole rings is 1. The van der Waals surface area contributed by atoms with Gasteiger partial charge in [0.15, 0.2) is 0 Å². The molecule has 1 N–H and O–H groups in total. The van der Waals surface area contributed by atoms with Gasteiger partial charge in [-0.1, -0.05) is 12.1 Å². The summed E-state index contributed by atoms with van der Waals surface area (Å²) >= 11 is 1.40. The summed E-state index contributed by atoms with van der Waals surface area (Å²) in [6.45, 7) is 0.332. The van der Waals surface area contributed by atoms with E-state index in [1.807, 2.05) is 0 Å². The lowest BCUT2D eigenvalue weighted by Gasteiger charge is -2.01. The molecule has 0 unspecified atom stereocenters. The molecular formula is C16H15FN4OS. The molecule has 0 fully saturated rings. The second kappa shape index (κ2) is 6.70. The first-order valence-corrected chi connectivity index (χ1v) is 7.93. The molecule has 3 rings (SSSR count). The van der Waals surface area contributed by atoms with Crippen molar-refractivity contribution in [1.29, 1.82) is 0 Å². The Morgan fingerprint density at radius 1 is 1.39 bits per heavy atom. The maximum Gasteiger partial charge on any atom is 0.224 e. The number of benzene rings is 1. The molecule has 0 saturated heterocycles. The van der Waals surface area contributed by atoms with Crippen LogP contribution < -0.4 is 5.32 Å². The number of aromatic nitrogens is 3. The molecule has 0 radical (unpaired) electrons. The zero-order valence-corrected chi connectivity index (χ0v) is 13.3. The normalized spacial score (nSPS) is 10.7. The van der Waals surface area contributed by atoms with Crippen LogP contribution in [0.4, 0.5) is 4.39 Å². The highest BCUT2D eigenvalue weighted by atomic mass is 32.1. The summed E-state index contributed by atoms with van der Waals surface area (Å²) in [5, 5.41) is 9.37. The molecule has 0 saturated carbocycles. The lowest BCUT2D eigenvalue weighted by atomic mass is 10.2. The zero-order chi connectivity index (χ0) is 16.2. The Hall–Kier alpha value is -2.54. The number of rotatable bonds is 5. The van der Waals surface area contributed by atoms with E-state index in [1.54, 1.807) is 47.7 Å². The highest BCUT2D eigenvalue weighted by Gasteiger charge is 2.10. The van der Waals surface area contributed by atoms with Crippen molar-refractivity contribution in [2.24, 2.45) is 7.05 Å². The van der Waals surface area contributed by atoms with Gasteiger partial charge in [0, 0.05) is 24.2 Å². The Bertz CT molecular complexity index is 827. The van der Waals surface area contributed by atoms with Crippen LogP contribution in [0, 0.1) is 5.82 Å². The molecular weight excluding hydrogens is 315 g/mol. The minimum atomic E-state index is -0.301. The van der Waals surface area contributed by atoms with E-state index in [1.165, 1.54) is 17.4 Å². The zero-order valence-electron chi connectivity index (χ0n) is 12.5. The summed E-state index contributed by atoms with van der Waals surface area (Å²) in [6.07, 6.45) is 3.75. The molecule has 7 heteroatoms. The highest BCUT2D eigenvalue weighted by Crippen LogP contribution is 2.24. The van der Waals surface area contributed by atoms with Gasteiger partial charge in [-0.25, -0.2) is 9.37 Å². The fraction of sp³-hybridized carbons (Fsp3) is 0.188. The standard InChI is InChI=1S/C16H15FN4OS/c1-21-9-11(7-19-21)6-15(22)18-8-16-20-14(10-23-16)12-4-2-3-5-13(12)17/h2-5,7,9-10H,6,8H2,1H3,(H,18,22). The Kier molecular flexibility index (Phi) is 4.47. The Balaban J connectivity index is 1.59. The van der Waals surface area contributed by atoms with Crippen molar-refractivity contribution < 1.29 is 9.18 Å². The summed E-state index contributed by atoms with van der Waals surface area (Å²) in [6, 6.07) is 6.51. The van der Waals surface area contributed by atoms with Crippen LogP contribution in [0.15, 0.2) is 42.0 Å². The number of carbonyl (C=O) groups is 1. The Labute approximate surface area is 136 Å². The van der Waals surface area contributed by atoms with Crippen LogP contribution in [0.2, 0.25) is 0 Å². The number of nitrogens with one attached hydrogen (secondary N) is 1. The molecule has 2 heterocycles. The van der Waals surface area contributed by atoms with Gasteiger partial charge in [-0.15, -0.1) is 11.3 Å². The maximum absolute atomic E-state index is 13.7. The fourth-order valence-corrected chi connectivity index (χ4v) is 2.90. The summed E-state index contributed by atoms with van der Waals surface area (Å²) in [7, 11) is 1.81.